The fourth-order valence-electron chi connectivity index (χ4n) is 3.00. The number of nitrogens with zero attached hydrogens (tertiary/aromatic N) is 3. The maximum Gasteiger partial charge on any atom is 0.216 e. The Morgan fingerprint density at radius 1 is 1.16 bits per heavy atom. The Morgan fingerprint density at radius 2 is 1.90 bits per heavy atom. The van der Waals surface area contributed by atoms with Gasteiger partial charge in [-0.25, -0.2) is 4.39 Å². The van der Waals surface area contributed by atoms with Gasteiger partial charge in [-0.2, -0.15) is 0 Å². The number of aromatic nitrogens is 3. The van der Waals surface area contributed by atoms with Gasteiger partial charge in [0, 0.05) is 36.2 Å². The summed E-state index contributed by atoms with van der Waals surface area (Å²) < 4.78 is 16.3. The number of benzene rings is 2. The Morgan fingerprint density at radius 3 is 2.55 bits per heavy atom. The lowest BCUT2D eigenvalue weighted by Crippen LogP contribution is -2.22. The number of carbonyl (C=O) groups is 2. The number of amides is 1. The Labute approximate surface area is 189 Å². The van der Waals surface area contributed by atoms with Gasteiger partial charge in [-0.3, -0.25) is 9.59 Å². The summed E-state index contributed by atoms with van der Waals surface area (Å²) in [6, 6.07) is 11.8. The first-order valence-electron chi connectivity index (χ1n) is 9.77. The lowest BCUT2D eigenvalue weighted by atomic mass is 10.1. The molecule has 1 heterocycles. The molecule has 0 aliphatic heterocycles. The van der Waals surface area contributed by atoms with Crippen LogP contribution in [-0.2, 0) is 17.8 Å². The number of Topliss-reactive ketones (excluding diaryl/α,β-unsaturated/α-hetero) is 1. The first kappa shape index (κ1) is 23.0. The summed E-state index contributed by atoms with van der Waals surface area (Å²) in [5.74, 6) is -0.00491. The summed E-state index contributed by atoms with van der Waals surface area (Å²) >= 11 is 7.22. The Hall–Kier alpha value is -2.71. The molecule has 6 nitrogen and oxygen atoms in total. The topological polar surface area (TPSA) is 76.9 Å². The van der Waals surface area contributed by atoms with Gasteiger partial charge in [0.25, 0.3) is 0 Å². The minimum atomic E-state index is -0.456. The quantitative estimate of drug-likeness (QED) is 0.378. The fraction of sp³-hybridized carbons (Fsp3) is 0.273. The van der Waals surface area contributed by atoms with Crippen molar-refractivity contribution in [2.75, 3.05) is 12.3 Å². The zero-order valence-electron chi connectivity index (χ0n) is 17.2. The van der Waals surface area contributed by atoms with E-state index in [9.17, 15) is 14.0 Å². The van der Waals surface area contributed by atoms with Crippen LogP contribution in [0.4, 0.5) is 4.39 Å². The van der Waals surface area contributed by atoms with Crippen molar-refractivity contribution >= 4 is 35.1 Å². The van der Waals surface area contributed by atoms with Crippen molar-refractivity contribution in [2.45, 2.75) is 32.0 Å². The van der Waals surface area contributed by atoms with Crippen LogP contribution < -0.4 is 5.32 Å². The Bertz CT molecular complexity index is 1090. The number of thioether (sulfide) groups is 1. The average Bonchev–Trinajstić information content (AvgIpc) is 3.16. The smallest absolute Gasteiger partial charge is 0.216 e. The minimum absolute atomic E-state index is 0.115. The highest BCUT2D eigenvalue weighted by Crippen LogP contribution is 2.26. The van der Waals surface area contributed by atoms with E-state index >= 15 is 0 Å². The van der Waals surface area contributed by atoms with E-state index in [-0.39, 0.29) is 17.4 Å². The molecule has 1 aromatic heterocycles. The molecular weight excluding hydrogens is 439 g/mol. The van der Waals surface area contributed by atoms with E-state index < -0.39 is 5.82 Å². The molecule has 0 atom stereocenters. The lowest BCUT2D eigenvalue weighted by Gasteiger charge is -2.08. The molecule has 0 saturated heterocycles. The zero-order chi connectivity index (χ0) is 22.4. The third-order valence-electron chi connectivity index (χ3n) is 4.61. The van der Waals surface area contributed by atoms with Crippen LogP contribution >= 0.6 is 23.4 Å². The van der Waals surface area contributed by atoms with Gasteiger partial charge >= 0.3 is 0 Å². The second-order valence-corrected chi connectivity index (χ2v) is 8.19. The van der Waals surface area contributed by atoms with E-state index in [0.29, 0.717) is 46.6 Å². The van der Waals surface area contributed by atoms with Gasteiger partial charge in [0.2, 0.25) is 5.91 Å². The minimum Gasteiger partial charge on any atom is -0.356 e. The van der Waals surface area contributed by atoms with E-state index in [1.165, 1.54) is 24.8 Å². The number of halogens is 2. The highest BCUT2D eigenvalue weighted by Gasteiger charge is 2.16. The van der Waals surface area contributed by atoms with Crippen LogP contribution in [-0.4, -0.2) is 38.8 Å². The summed E-state index contributed by atoms with van der Waals surface area (Å²) in [7, 11) is 0. The predicted molar refractivity (Wildman–Crippen MR) is 120 cm³/mol. The molecule has 162 valence electrons. The summed E-state index contributed by atoms with van der Waals surface area (Å²) in [4.78, 5) is 23.5. The van der Waals surface area contributed by atoms with E-state index in [4.69, 9.17) is 11.6 Å². The third-order valence-corrected chi connectivity index (χ3v) is 5.83. The fourth-order valence-corrected chi connectivity index (χ4v) is 4.03. The molecular formula is C22H22ClFN4O2S. The molecule has 0 bridgehead atoms. The van der Waals surface area contributed by atoms with Gasteiger partial charge in [-0.15, -0.1) is 10.2 Å². The van der Waals surface area contributed by atoms with Crippen LogP contribution in [0, 0.1) is 5.82 Å². The second kappa shape index (κ2) is 10.5. The molecule has 2 aromatic carbocycles. The van der Waals surface area contributed by atoms with Crippen molar-refractivity contribution in [1.29, 1.82) is 0 Å². The van der Waals surface area contributed by atoms with E-state index in [1.54, 1.807) is 24.3 Å². The molecule has 0 unspecified atom stereocenters. The summed E-state index contributed by atoms with van der Waals surface area (Å²) in [6.07, 6.45) is 0.363. The van der Waals surface area contributed by atoms with Crippen LogP contribution in [0.3, 0.4) is 0 Å². The molecule has 0 fully saturated rings. The SMILES string of the molecule is CCn1c(SCC(=O)c2ccc(CCNC(C)=O)c(F)c2)nnc1-c1ccc(Cl)cc1. The predicted octanol–water partition coefficient (Wildman–Crippen LogP) is 4.41. The van der Waals surface area contributed by atoms with Gasteiger partial charge in [-0.1, -0.05) is 35.5 Å². The molecule has 1 N–H and O–H groups in total. The van der Waals surface area contributed by atoms with Gasteiger partial charge in [0.05, 0.1) is 5.75 Å². The van der Waals surface area contributed by atoms with Crippen LogP contribution in [0.25, 0.3) is 11.4 Å². The molecule has 3 aromatic rings. The molecule has 0 saturated carbocycles. The number of carbonyl (C=O) groups excluding carboxylic acids is 2. The maximum absolute atomic E-state index is 14.3. The van der Waals surface area contributed by atoms with Crippen molar-refractivity contribution in [3.8, 4) is 11.4 Å². The number of nitrogens with one attached hydrogen (secondary N) is 1. The largest absolute Gasteiger partial charge is 0.356 e. The van der Waals surface area contributed by atoms with Crippen LogP contribution in [0.1, 0.15) is 29.8 Å². The maximum atomic E-state index is 14.3. The monoisotopic (exact) mass is 460 g/mol. The number of hydrogen-bond donors (Lipinski definition) is 1. The number of hydrogen-bond acceptors (Lipinski definition) is 5. The van der Waals surface area contributed by atoms with Gasteiger partial charge in [0.1, 0.15) is 5.82 Å². The summed E-state index contributed by atoms with van der Waals surface area (Å²) in [5.41, 5.74) is 1.64. The molecule has 0 aliphatic carbocycles. The van der Waals surface area contributed by atoms with Crippen molar-refractivity contribution in [1.82, 2.24) is 20.1 Å². The third kappa shape index (κ3) is 5.92. The Balaban J connectivity index is 1.66. The molecule has 9 heteroatoms. The Kier molecular flexibility index (Phi) is 7.81. The molecule has 31 heavy (non-hydrogen) atoms. The number of rotatable bonds is 9. The molecule has 1 amide bonds. The standard InChI is InChI=1S/C22H22ClFN4O2S/c1-3-28-21(16-6-8-18(23)9-7-16)26-27-22(28)31-13-20(30)17-5-4-15(19(24)12-17)10-11-25-14(2)29/h4-9,12H,3,10-11,13H2,1-2H3,(H,25,29). The summed E-state index contributed by atoms with van der Waals surface area (Å²) in [5, 5.41) is 12.3. The highest BCUT2D eigenvalue weighted by atomic mass is 35.5. The van der Waals surface area contributed by atoms with Crippen molar-refractivity contribution < 1.29 is 14.0 Å². The van der Waals surface area contributed by atoms with Crippen LogP contribution in [0.2, 0.25) is 5.02 Å². The highest BCUT2D eigenvalue weighted by molar-refractivity contribution is 7.99. The number of ketones is 1. The zero-order valence-corrected chi connectivity index (χ0v) is 18.8. The van der Waals surface area contributed by atoms with Gasteiger partial charge in [-0.05, 0) is 49.2 Å². The first-order chi connectivity index (χ1) is 14.9. The normalized spacial score (nSPS) is 10.8. The molecule has 0 spiro atoms. The van der Waals surface area contributed by atoms with E-state index in [0.717, 1.165) is 5.56 Å². The van der Waals surface area contributed by atoms with Crippen LogP contribution in [0.15, 0.2) is 47.6 Å². The van der Waals surface area contributed by atoms with Crippen molar-refractivity contribution in [3.63, 3.8) is 0 Å². The molecule has 0 radical (unpaired) electrons. The van der Waals surface area contributed by atoms with E-state index in [2.05, 4.69) is 15.5 Å². The van der Waals surface area contributed by atoms with Gasteiger partial charge in [0.15, 0.2) is 16.8 Å². The first-order valence-corrected chi connectivity index (χ1v) is 11.1. The lowest BCUT2D eigenvalue weighted by molar-refractivity contribution is -0.118. The molecule has 3 rings (SSSR count). The van der Waals surface area contributed by atoms with Crippen molar-refractivity contribution in [2.24, 2.45) is 0 Å². The van der Waals surface area contributed by atoms with Crippen molar-refractivity contribution in [3.05, 3.63) is 64.4 Å². The van der Waals surface area contributed by atoms with Gasteiger partial charge < -0.3 is 9.88 Å². The molecule has 0 aliphatic rings. The summed E-state index contributed by atoms with van der Waals surface area (Å²) in [6.45, 7) is 4.37. The second-order valence-electron chi connectivity index (χ2n) is 6.81. The average molecular weight is 461 g/mol. The van der Waals surface area contributed by atoms with E-state index in [1.807, 2.05) is 23.6 Å². The van der Waals surface area contributed by atoms with Crippen LogP contribution in [0.5, 0.6) is 0 Å².